The number of ether oxygens (including phenoxy) is 2. The van der Waals surface area contributed by atoms with Crippen LogP contribution in [0, 0.1) is 0 Å². The molecule has 1 unspecified atom stereocenters. The Hall–Kier alpha value is -1.05. The van der Waals surface area contributed by atoms with Crippen LogP contribution < -0.4 is 5.73 Å². The van der Waals surface area contributed by atoms with E-state index in [4.69, 9.17) is 20.5 Å². The normalized spacial score (nSPS) is 17.1. The molecule has 1 heterocycles. The molecule has 0 aliphatic carbocycles. The number of unbranched alkanes of at least 4 members (excludes halogenated alkanes) is 10. The summed E-state index contributed by atoms with van der Waals surface area (Å²) in [5, 5.41) is 22.4. The van der Waals surface area contributed by atoms with Crippen molar-refractivity contribution in [1.82, 2.24) is 4.90 Å². The molecule has 11 nitrogen and oxygen atoms in total. The van der Waals surface area contributed by atoms with Crippen LogP contribution in [0.2, 0.25) is 0 Å². The first kappa shape index (κ1) is 28.0. The number of morpholine rings is 1. The third-order valence-electron chi connectivity index (χ3n) is 5.37. The molecule has 3 N–H and O–H groups in total. The first-order chi connectivity index (χ1) is 15.2. The Morgan fingerprint density at radius 2 is 1.55 bits per heavy atom. The van der Waals surface area contributed by atoms with Crippen LogP contribution in [-0.4, -0.2) is 61.8 Å². The Labute approximate surface area is 184 Å². The van der Waals surface area contributed by atoms with E-state index in [2.05, 4.69) is 29.9 Å². The van der Waals surface area contributed by atoms with Crippen molar-refractivity contribution in [3.05, 3.63) is 0 Å². The van der Waals surface area contributed by atoms with Gasteiger partial charge in [0.25, 0.3) is 0 Å². The van der Waals surface area contributed by atoms with E-state index < -0.39 is 6.09 Å². The van der Waals surface area contributed by atoms with Crippen molar-refractivity contribution >= 4 is 6.09 Å². The van der Waals surface area contributed by atoms with E-state index in [1.54, 1.807) is 0 Å². The monoisotopic (exact) mass is 452 g/mol. The lowest BCUT2D eigenvalue weighted by Gasteiger charge is -2.35. The van der Waals surface area contributed by atoms with Gasteiger partial charge in [-0.3, -0.25) is 4.90 Å². The summed E-state index contributed by atoms with van der Waals surface area (Å²) in [6.45, 7) is 3.84. The van der Waals surface area contributed by atoms with Crippen molar-refractivity contribution in [1.29, 1.82) is 0 Å². The molecule has 0 radical (unpaired) electrons. The lowest BCUT2D eigenvalue weighted by Crippen LogP contribution is -2.47. The molecule has 31 heavy (non-hydrogen) atoms. The number of hydrogen-bond acceptors (Lipinski definition) is 10. The number of carbonyl (C=O) groups is 1. The molecule has 0 bridgehead atoms. The Morgan fingerprint density at radius 3 is 2.19 bits per heavy atom. The zero-order chi connectivity index (χ0) is 22.4. The molecular formula is C20H40N2O9. The fourth-order valence-electron chi connectivity index (χ4n) is 3.72. The van der Waals surface area contributed by atoms with Gasteiger partial charge in [-0.15, -0.1) is 0 Å². The maximum absolute atomic E-state index is 10.7. The number of rotatable bonds is 21. The van der Waals surface area contributed by atoms with Crippen molar-refractivity contribution in [2.45, 2.75) is 83.1 Å². The molecule has 0 saturated carbocycles. The maximum atomic E-state index is 10.7. The number of nitrogens with two attached hydrogens (primary N) is 1. The van der Waals surface area contributed by atoms with E-state index in [0.717, 1.165) is 45.6 Å². The summed E-state index contributed by atoms with van der Waals surface area (Å²) >= 11 is 0. The lowest BCUT2D eigenvalue weighted by molar-refractivity contribution is -0.753. The predicted molar refractivity (Wildman–Crippen MR) is 110 cm³/mol. The molecule has 0 aromatic rings. The number of amides is 1. The fraction of sp³-hybridized carbons (Fsp3) is 0.950. The van der Waals surface area contributed by atoms with E-state index >= 15 is 0 Å². The molecule has 1 aliphatic rings. The summed E-state index contributed by atoms with van der Waals surface area (Å²) < 4.78 is 10.5. The zero-order valence-corrected chi connectivity index (χ0v) is 18.5. The van der Waals surface area contributed by atoms with Gasteiger partial charge in [-0.1, -0.05) is 64.2 Å². The average molecular weight is 453 g/mol. The molecule has 1 aliphatic heterocycles. The van der Waals surface area contributed by atoms with Crippen LogP contribution >= 0.6 is 0 Å². The second kappa shape index (κ2) is 20.8. The van der Waals surface area contributed by atoms with Gasteiger partial charge in [0.05, 0.1) is 19.8 Å². The van der Waals surface area contributed by atoms with Crippen LogP contribution in [0.3, 0.4) is 0 Å². The quantitative estimate of drug-likeness (QED) is 0.151. The zero-order valence-electron chi connectivity index (χ0n) is 18.5. The molecule has 1 fully saturated rings. The Bertz CT molecular complexity index is 418. The average Bonchev–Trinajstić information content (AvgIpc) is 2.76. The van der Waals surface area contributed by atoms with E-state index in [9.17, 15) is 4.79 Å². The highest BCUT2D eigenvalue weighted by Crippen LogP contribution is 2.16. The first-order valence-corrected chi connectivity index (χ1v) is 11.4. The largest absolute Gasteiger partial charge is 0.448 e. The first-order valence-electron chi connectivity index (χ1n) is 11.4. The Kier molecular flexibility index (Phi) is 18.8. The van der Waals surface area contributed by atoms with E-state index in [1.807, 2.05) is 0 Å². The molecule has 1 atom stereocenters. The maximum Gasteiger partial charge on any atom is 0.404 e. The molecule has 184 valence electrons. The predicted octanol–water partition coefficient (Wildman–Crippen LogP) is 3.68. The fourth-order valence-corrected chi connectivity index (χ4v) is 3.72. The van der Waals surface area contributed by atoms with Crippen molar-refractivity contribution in [3.63, 3.8) is 0 Å². The minimum Gasteiger partial charge on any atom is -0.448 e. The second-order valence-electron chi connectivity index (χ2n) is 7.71. The summed E-state index contributed by atoms with van der Waals surface area (Å²) in [5.41, 5.74) is 5.02. The molecular weight excluding hydrogens is 412 g/mol. The summed E-state index contributed by atoms with van der Waals surface area (Å²) in [6, 6.07) is 0.414. The third-order valence-corrected chi connectivity index (χ3v) is 5.37. The van der Waals surface area contributed by atoms with Crippen molar-refractivity contribution in [3.8, 4) is 0 Å². The molecule has 0 spiro atoms. The third kappa shape index (κ3) is 17.2. The van der Waals surface area contributed by atoms with Gasteiger partial charge in [0.1, 0.15) is 6.61 Å². The van der Waals surface area contributed by atoms with Crippen molar-refractivity contribution in [2.24, 2.45) is 5.73 Å². The highest BCUT2D eigenvalue weighted by atomic mass is 17.8. The highest BCUT2D eigenvalue weighted by molar-refractivity contribution is 5.64. The Balaban J connectivity index is 1.83. The summed E-state index contributed by atoms with van der Waals surface area (Å²) in [6.07, 6.45) is 13.6. The van der Waals surface area contributed by atoms with E-state index in [1.165, 1.54) is 57.8 Å². The highest BCUT2D eigenvalue weighted by Gasteiger charge is 2.22. The van der Waals surface area contributed by atoms with Gasteiger partial charge in [0, 0.05) is 19.1 Å². The SMILES string of the molecule is NC(=O)OCCN1CCOCC1CCCCCCCCCCCCCOOOOOO. The minimum atomic E-state index is -0.710. The van der Waals surface area contributed by atoms with Crippen LogP contribution in [0.5, 0.6) is 0 Å². The number of hydrogen-bond donors (Lipinski definition) is 2. The minimum absolute atomic E-state index is 0.347. The number of carbonyl (C=O) groups excluding carboxylic acids is 1. The second-order valence-corrected chi connectivity index (χ2v) is 7.71. The number of primary amides is 1. The summed E-state index contributed by atoms with van der Waals surface area (Å²) in [7, 11) is 0. The van der Waals surface area contributed by atoms with Crippen LogP contribution in [0.25, 0.3) is 0 Å². The molecule has 1 rings (SSSR count). The molecule has 0 aromatic heterocycles. The van der Waals surface area contributed by atoms with Gasteiger partial charge in [0.15, 0.2) is 0 Å². The molecule has 1 saturated heterocycles. The Morgan fingerprint density at radius 1 is 0.903 bits per heavy atom. The van der Waals surface area contributed by atoms with Crippen LogP contribution in [0.1, 0.15) is 77.0 Å². The number of nitrogens with zero attached hydrogens (tertiary/aromatic N) is 1. The lowest BCUT2D eigenvalue weighted by atomic mass is 10.0. The van der Waals surface area contributed by atoms with Gasteiger partial charge < -0.3 is 15.2 Å². The van der Waals surface area contributed by atoms with Crippen molar-refractivity contribution < 1.29 is 44.6 Å². The van der Waals surface area contributed by atoms with Gasteiger partial charge in [-0.25, -0.2) is 14.9 Å². The van der Waals surface area contributed by atoms with Gasteiger partial charge in [0.2, 0.25) is 0 Å². The van der Waals surface area contributed by atoms with Gasteiger partial charge in [-0.05, 0) is 33.0 Å². The topological polar surface area (TPSA) is 131 Å². The smallest absolute Gasteiger partial charge is 0.404 e. The van der Waals surface area contributed by atoms with Gasteiger partial charge in [-0.2, -0.15) is 0 Å². The van der Waals surface area contributed by atoms with E-state index in [-0.39, 0.29) is 0 Å². The van der Waals surface area contributed by atoms with Crippen LogP contribution in [0.15, 0.2) is 0 Å². The molecule has 11 heteroatoms. The summed E-state index contributed by atoms with van der Waals surface area (Å²) in [5.74, 6) is 0. The standard InChI is InChI=1S/C20H40N2O9/c21-20(23)26-17-14-22-13-16-25-18-19(22)12-10-8-6-4-2-1-3-5-7-9-11-15-27-29-31-30-28-24/h19,24H,1-18H2,(H2,21,23). The van der Waals surface area contributed by atoms with E-state index in [0.29, 0.717) is 19.3 Å². The van der Waals surface area contributed by atoms with Crippen molar-refractivity contribution in [2.75, 3.05) is 39.5 Å². The van der Waals surface area contributed by atoms with Crippen LogP contribution in [-0.2, 0) is 34.5 Å². The molecule has 0 aromatic carbocycles. The summed E-state index contributed by atoms with van der Waals surface area (Å²) in [4.78, 5) is 17.7. The molecule has 1 amide bonds. The van der Waals surface area contributed by atoms with Gasteiger partial charge >= 0.3 is 6.09 Å². The van der Waals surface area contributed by atoms with Crippen LogP contribution in [0.4, 0.5) is 4.79 Å².